The number of benzene rings is 1. The molecule has 2 atom stereocenters. The van der Waals surface area contributed by atoms with E-state index < -0.39 is 57.4 Å². The number of nitrogens with zero attached hydrogens (tertiary/aromatic N) is 4. The lowest BCUT2D eigenvalue weighted by Crippen LogP contribution is -2.59. The predicted molar refractivity (Wildman–Crippen MR) is 111 cm³/mol. The topological polar surface area (TPSA) is 58.6 Å². The molecule has 0 radical (unpaired) electrons. The fourth-order valence-electron chi connectivity index (χ4n) is 3.58. The fraction of sp³-hybridized carbons (Fsp3) is 0.550. The standard InChI is InChI=1S/C20H22BrF5N4O2/c1-9-8-30(18(31)32-19(3,4)5)10(2)7-29(9)16-11-6-12(20(24,25)26)13(21)14(22)15(11)27-17(23)28-16/h6,9-10H,7-8H2,1-5H3. The molecule has 1 amide bonds. The van der Waals surface area contributed by atoms with Gasteiger partial charge in [0, 0.05) is 30.6 Å². The Labute approximate surface area is 189 Å². The maximum absolute atomic E-state index is 14.7. The molecule has 176 valence electrons. The maximum atomic E-state index is 14.7. The van der Waals surface area contributed by atoms with Crippen LogP contribution in [0.25, 0.3) is 10.9 Å². The van der Waals surface area contributed by atoms with Crippen LogP contribution in [0.1, 0.15) is 40.2 Å². The fourth-order valence-corrected chi connectivity index (χ4v) is 4.11. The van der Waals surface area contributed by atoms with E-state index in [0.29, 0.717) is 6.07 Å². The van der Waals surface area contributed by atoms with Gasteiger partial charge >= 0.3 is 18.3 Å². The molecule has 0 spiro atoms. The van der Waals surface area contributed by atoms with Gasteiger partial charge in [-0.2, -0.15) is 27.5 Å². The number of piperazine rings is 1. The Balaban J connectivity index is 2.06. The number of alkyl halides is 3. The smallest absolute Gasteiger partial charge is 0.417 e. The Morgan fingerprint density at radius 2 is 1.75 bits per heavy atom. The molecular weight excluding hydrogens is 503 g/mol. The number of hydrogen-bond acceptors (Lipinski definition) is 5. The Kier molecular flexibility index (Phi) is 6.31. The molecular formula is C20H22BrF5N4O2. The summed E-state index contributed by atoms with van der Waals surface area (Å²) in [4.78, 5) is 22.7. The number of amides is 1. The van der Waals surface area contributed by atoms with Crippen molar-refractivity contribution in [1.29, 1.82) is 0 Å². The van der Waals surface area contributed by atoms with E-state index in [9.17, 15) is 26.7 Å². The molecule has 2 aromatic rings. The molecule has 0 aliphatic carbocycles. The predicted octanol–water partition coefficient (Wildman–Crippen LogP) is 5.52. The van der Waals surface area contributed by atoms with E-state index >= 15 is 0 Å². The molecule has 0 N–H and O–H groups in total. The third kappa shape index (κ3) is 4.74. The van der Waals surface area contributed by atoms with Crippen LogP contribution in [0.2, 0.25) is 0 Å². The van der Waals surface area contributed by atoms with E-state index in [-0.39, 0.29) is 24.3 Å². The molecule has 6 nitrogen and oxygen atoms in total. The maximum Gasteiger partial charge on any atom is 0.417 e. The monoisotopic (exact) mass is 524 g/mol. The van der Waals surface area contributed by atoms with E-state index in [2.05, 4.69) is 25.9 Å². The molecule has 1 fully saturated rings. The van der Waals surface area contributed by atoms with Gasteiger partial charge in [0.15, 0.2) is 5.82 Å². The summed E-state index contributed by atoms with van der Waals surface area (Å²) >= 11 is 2.60. The van der Waals surface area contributed by atoms with Gasteiger partial charge in [-0.3, -0.25) is 0 Å². The highest BCUT2D eigenvalue weighted by Gasteiger charge is 2.39. The highest BCUT2D eigenvalue weighted by Crippen LogP contribution is 2.41. The van der Waals surface area contributed by atoms with Crippen LogP contribution in [-0.4, -0.2) is 51.7 Å². The number of carbonyl (C=O) groups is 1. The molecule has 3 rings (SSSR count). The third-order valence-electron chi connectivity index (χ3n) is 5.02. The van der Waals surface area contributed by atoms with Crippen molar-refractivity contribution in [2.75, 3.05) is 18.0 Å². The first kappa shape index (κ1) is 24.4. The molecule has 12 heteroatoms. The van der Waals surface area contributed by atoms with Gasteiger partial charge in [-0.15, -0.1) is 0 Å². The first-order valence-electron chi connectivity index (χ1n) is 9.79. The number of ether oxygens (including phenoxy) is 1. The molecule has 1 aromatic carbocycles. The first-order chi connectivity index (χ1) is 14.6. The van der Waals surface area contributed by atoms with E-state index in [4.69, 9.17) is 4.74 Å². The lowest BCUT2D eigenvalue weighted by Gasteiger charge is -2.44. The van der Waals surface area contributed by atoms with E-state index in [0.717, 1.165) is 0 Å². The van der Waals surface area contributed by atoms with Crippen molar-refractivity contribution in [1.82, 2.24) is 14.9 Å². The van der Waals surface area contributed by atoms with Crippen molar-refractivity contribution in [3.63, 3.8) is 0 Å². The van der Waals surface area contributed by atoms with E-state index in [1.807, 2.05) is 0 Å². The summed E-state index contributed by atoms with van der Waals surface area (Å²) in [5, 5.41) is -0.274. The molecule has 1 saturated heterocycles. The lowest BCUT2D eigenvalue weighted by atomic mass is 10.1. The van der Waals surface area contributed by atoms with E-state index in [1.54, 1.807) is 39.5 Å². The minimum atomic E-state index is -4.85. The highest BCUT2D eigenvalue weighted by atomic mass is 79.9. The van der Waals surface area contributed by atoms with Crippen LogP contribution in [0.15, 0.2) is 10.5 Å². The van der Waals surface area contributed by atoms with Crippen molar-refractivity contribution in [2.24, 2.45) is 0 Å². The number of aromatic nitrogens is 2. The van der Waals surface area contributed by atoms with Gasteiger partial charge in [-0.1, -0.05) is 0 Å². The summed E-state index contributed by atoms with van der Waals surface area (Å²) < 4.78 is 73.8. The van der Waals surface area contributed by atoms with Crippen LogP contribution in [-0.2, 0) is 10.9 Å². The molecule has 1 aliphatic heterocycles. The first-order valence-corrected chi connectivity index (χ1v) is 10.6. The Morgan fingerprint density at radius 1 is 1.12 bits per heavy atom. The van der Waals surface area contributed by atoms with Gasteiger partial charge in [0.1, 0.15) is 16.9 Å². The number of rotatable bonds is 1. The van der Waals surface area contributed by atoms with Crippen molar-refractivity contribution in [3.8, 4) is 0 Å². The molecule has 2 unspecified atom stereocenters. The van der Waals surface area contributed by atoms with Crippen LogP contribution in [0.3, 0.4) is 0 Å². The summed E-state index contributed by atoms with van der Waals surface area (Å²) in [5.41, 5.74) is -2.53. The summed E-state index contributed by atoms with van der Waals surface area (Å²) in [6, 6.07) is -0.205. The van der Waals surface area contributed by atoms with Gasteiger partial charge in [-0.25, -0.2) is 9.18 Å². The van der Waals surface area contributed by atoms with Gasteiger partial charge in [0.2, 0.25) is 0 Å². The number of carbonyl (C=O) groups excluding carboxylic acids is 1. The molecule has 0 saturated carbocycles. The minimum absolute atomic E-state index is 0.116. The van der Waals surface area contributed by atoms with Crippen LogP contribution < -0.4 is 4.90 Å². The minimum Gasteiger partial charge on any atom is -0.444 e. The van der Waals surface area contributed by atoms with Crippen molar-refractivity contribution in [3.05, 3.63) is 28.0 Å². The quantitative estimate of drug-likeness (QED) is 0.363. The summed E-state index contributed by atoms with van der Waals surface area (Å²) in [6.07, 6.45) is -6.66. The van der Waals surface area contributed by atoms with Gasteiger partial charge in [-0.05, 0) is 56.6 Å². The number of hydrogen-bond donors (Lipinski definition) is 0. The van der Waals surface area contributed by atoms with Crippen LogP contribution in [0.5, 0.6) is 0 Å². The average Bonchev–Trinajstić information content (AvgIpc) is 2.63. The Hall–Kier alpha value is -2.24. The molecule has 1 aliphatic rings. The zero-order chi connectivity index (χ0) is 24.2. The molecule has 0 bridgehead atoms. The number of fused-ring (bicyclic) bond motifs is 1. The Morgan fingerprint density at radius 3 is 2.31 bits per heavy atom. The second-order valence-electron chi connectivity index (χ2n) is 8.75. The molecule has 1 aromatic heterocycles. The zero-order valence-corrected chi connectivity index (χ0v) is 19.6. The normalized spacial score (nSPS) is 20.1. The van der Waals surface area contributed by atoms with Crippen molar-refractivity contribution in [2.45, 2.75) is 58.5 Å². The van der Waals surface area contributed by atoms with Gasteiger partial charge in [0.05, 0.1) is 10.0 Å². The van der Waals surface area contributed by atoms with Crippen LogP contribution in [0.4, 0.5) is 32.6 Å². The summed E-state index contributed by atoms with van der Waals surface area (Å²) in [5.74, 6) is -1.50. The number of halogens is 6. The highest BCUT2D eigenvalue weighted by molar-refractivity contribution is 9.10. The van der Waals surface area contributed by atoms with E-state index in [1.165, 1.54) is 4.90 Å². The van der Waals surface area contributed by atoms with Gasteiger partial charge < -0.3 is 14.5 Å². The lowest BCUT2D eigenvalue weighted by molar-refractivity contribution is -0.138. The van der Waals surface area contributed by atoms with Gasteiger partial charge in [0.25, 0.3) is 0 Å². The summed E-state index contributed by atoms with van der Waals surface area (Å²) in [7, 11) is 0. The molecule has 2 heterocycles. The second kappa shape index (κ2) is 8.27. The number of anilines is 1. The average molecular weight is 525 g/mol. The SMILES string of the molecule is CC1CN(c2nc(F)nc3c(F)c(Br)c(C(F)(F)F)cc23)C(C)CN1C(=O)OC(C)(C)C. The van der Waals surface area contributed by atoms with Crippen molar-refractivity contribution >= 4 is 38.7 Å². The largest absolute Gasteiger partial charge is 0.444 e. The third-order valence-corrected chi connectivity index (χ3v) is 5.79. The second-order valence-corrected chi connectivity index (χ2v) is 9.54. The van der Waals surface area contributed by atoms with Crippen LogP contribution >= 0.6 is 15.9 Å². The molecule has 32 heavy (non-hydrogen) atoms. The van der Waals surface area contributed by atoms with Crippen molar-refractivity contribution < 1.29 is 31.5 Å². The Bertz CT molecular complexity index is 1060. The summed E-state index contributed by atoms with van der Waals surface area (Å²) in [6.45, 7) is 8.89. The van der Waals surface area contributed by atoms with Crippen LogP contribution in [0, 0.1) is 11.9 Å². The zero-order valence-electron chi connectivity index (χ0n) is 18.0.